The Morgan fingerprint density at radius 3 is 1.19 bits per heavy atom. The minimum atomic E-state index is -0.499. The zero-order valence-electron chi connectivity index (χ0n) is 27.5. The van der Waals surface area contributed by atoms with Crippen molar-refractivity contribution in [3.63, 3.8) is 0 Å². The second-order valence-electron chi connectivity index (χ2n) is 9.72. The molecule has 0 aromatic carbocycles. The van der Waals surface area contributed by atoms with Crippen molar-refractivity contribution >= 4 is 0 Å². The summed E-state index contributed by atoms with van der Waals surface area (Å²) in [5.74, 6) is -0.0175. The summed E-state index contributed by atoms with van der Waals surface area (Å²) in [6.07, 6.45) is -0.998. The second kappa shape index (κ2) is 14.9. The zero-order chi connectivity index (χ0) is 36.0. The van der Waals surface area contributed by atoms with Gasteiger partial charge in [-0.1, -0.05) is 20.4 Å². The van der Waals surface area contributed by atoms with Gasteiger partial charge in [-0.05, 0) is 20.9 Å². The fourth-order valence-electron chi connectivity index (χ4n) is 4.14. The Morgan fingerprint density at radius 2 is 0.827 bits per heavy atom. The Bertz CT molecular complexity index is 1920. The molecule has 0 spiro atoms. The van der Waals surface area contributed by atoms with Crippen molar-refractivity contribution in [2.24, 2.45) is 0 Å². The molecule has 7 rings (SSSR count). The number of nitrogens with one attached hydrogen (secondary N) is 4. The maximum absolute atomic E-state index is 6.10. The molecule has 28 heteroatoms. The summed E-state index contributed by atoms with van der Waals surface area (Å²) in [6, 6.07) is -0.165. The van der Waals surface area contributed by atoms with Gasteiger partial charge in [0, 0.05) is 0 Å². The van der Waals surface area contributed by atoms with E-state index in [-0.39, 0.29) is 100 Å². The molecule has 52 heavy (non-hydrogen) atoms. The van der Waals surface area contributed by atoms with Crippen LogP contribution in [0.25, 0.3) is 23.0 Å². The van der Waals surface area contributed by atoms with E-state index >= 15 is 0 Å². The molecule has 0 aliphatic carbocycles. The number of aromatic nitrogens is 15. The Morgan fingerprint density at radius 1 is 0.442 bits per heavy atom. The van der Waals surface area contributed by atoms with Gasteiger partial charge in [0.2, 0.25) is 35.7 Å². The van der Waals surface area contributed by atoms with Crippen LogP contribution >= 0.6 is 0 Å². The molecule has 2 aliphatic rings. The van der Waals surface area contributed by atoms with Gasteiger partial charge in [-0.25, -0.2) is 26.7 Å². The van der Waals surface area contributed by atoms with Crippen molar-refractivity contribution in [3.05, 3.63) is 11.4 Å². The molecule has 4 N–H and O–H groups in total. The van der Waals surface area contributed by atoms with E-state index in [4.69, 9.17) is 42.6 Å². The molecule has 2 fully saturated rings. The molecule has 2 saturated heterocycles. The van der Waals surface area contributed by atoms with Gasteiger partial charge in [-0.15, -0.1) is 20.4 Å². The van der Waals surface area contributed by atoms with E-state index in [0.717, 1.165) is 0 Å². The predicted molar refractivity (Wildman–Crippen MR) is 160 cm³/mol. The Balaban J connectivity index is 1.24. The summed E-state index contributed by atoms with van der Waals surface area (Å²) in [5.41, 5.74) is 11.4. The van der Waals surface area contributed by atoms with Gasteiger partial charge in [0.1, 0.15) is 24.6 Å². The average molecular weight is 724 g/mol. The van der Waals surface area contributed by atoms with E-state index in [0.29, 0.717) is 0 Å². The minimum Gasteiger partial charge on any atom is -0.479 e. The van der Waals surface area contributed by atoms with Crippen molar-refractivity contribution < 1.29 is 42.6 Å². The third-order valence-electron chi connectivity index (χ3n) is 6.59. The fraction of sp³-hybridized carbons (Fsp3) is 0.375. The minimum absolute atomic E-state index is 0.0459. The van der Waals surface area contributed by atoms with Gasteiger partial charge in [-0.3, -0.25) is 0 Å². The molecule has 5 aromatic rings. The molecule has 0 radical (unpaired) electrons. The summed E-state index contributed by atoms with van der Waals surface area (Å²) < 4.78 is 50.5. The summed E-state index contributed by atoms with van der Waals surface area (Å²) in [6.45, 7) is -0.516. The van der Waals surface area contributed by atoms with Crippen LogP contribution in [0.5, 0.6) is 52.5 Å². The van der Waals surface area contributed by atoms with E-state index in [1.807, 2.05) is 0 Å². The standard InChI is InChI=1S/C24H25N19O9/c1-44-18-12(51-23-36-37-23)8(28-40-32-18)6-49-14-10(30-42-34-20(14)46-3)16-25-17(27-22(26-16)48-5)11-15(21(47-4)35-43-31-11)50-7-9-13(52-24-38-39-24)19(45-2)33-41-29-9/h23-24,36-39H,6-7H2,1-5H3. The fourth-order valence-corrected chi connectivity index (χ4v) is 4.14. The molecule has 28 nitrogen and oxygen atoms in total. The largest absolute Gasteiger partial charge is 0.479 e. The number of hydrogen-bond acceptors (Lipinski definition) is 28. The predicted octanol–water partition coefficient (Wildman–Crippen LogP) is -3.31. The molecule has 7 heterocycles. The second-order valence-corrected chi connectivity index (χ2v) is 9.72. The van der Waals surface area contributed by atoms with Gasteiger partial charge in [0.15, 0.2) is 23.0 Å². The van der Waals surface area contributed by atoms with Gasteiger partial charge in [0.05, 0.1) is 35.5 Å². The maximum atomic E-state index is 6.10. The molecule has 0 saturated carbocycles. The lowest BCUT2D eigenvalue weighted by Gasteiger charge is -2.15. The van der Waals surface area contributed by atoms with E-state index in [9.17, 15) is 0 Å². The van der Waals surface area contributed by atoms with Gasteiger partial charge >= 0.3 is 6.01 Å². The number of methoxy groups -OCH3 is 5. The van der Waals surface area contributed by atoms with Gasteiger partial charge in [0.25, 0.3) is 23.5 Å². The molecular weight excluding hydrogens is 698 g/mol. The van der Waals surface area contributed by atoms with E-state index in [2.05, 4.69) is 98.3 Å². The van der Waals surface area contributed by atoms with Crippen LogP contribution in [0.3, 0.4) is 0 Å². The summed E-state index contributed by atoms with van der Waals surface area (Å²) in [7, 11) is 6.86. The lowest BCUT2D eigenvalue weighted by Crippen LogP contribution is -2.14. The number of hydrogen-bond donors (Lipinski definition) is 4. The van der Waals surface area contributed by atoms with Gasteiger partial charge < -0.3 is 42.6 Å². The molecule has 0 bridgehead atoms. The van der Waals surface area contributed by atoms with Crippen LogP contribution in [0.2, 0.25) is 0 Å². The van der Waals surface area contributed by atoms with E-state index < -0.39 is 12.7 Å². The number of rotatable bonds is 17. The molecule has 270 valence electrons. The molecule has 5 aromatic heterocycles. The summed E-state index contributed by atoms with van der Waals surface area (Å²) >= 11 is 0. The third kappa shape index (κ3) is 7.18. The highest BCUT2D eigenvalue weighted by Gasteiger charge is 2.30. The monoisotopic (exact) mass is 723 g/mol. The first-order valence-corrected chi connectivity index (χ1v) is 14.5. The van der Waals surface area contributed by atoms with Crippen LogP contribution in [0, 0.1) is 0 Å². The SMILES string of the molecule is COc1nc(-c2nnnc(OC)c2OCc2nnnc(OC)c2OC2NN2)nc(-c2nnnc(OC)c2OCc2nnnc(OC)c2OC2NN2)n1. The highest BCUT2D eigenvalue weighted by molar-refractivity contribution is 5.67. The van der Waals surface area contributed by atoms with Crippen LogP contribution in [-0.4, -0.2) is 125 Å². The van der Waals surface area contributed by atoms with Crippen LogP contribution < -0.4 is 64.3 Å². The van der Waals surface area contributed by atoms with Crippen LogP contribution in [-0.2, 0) is 13.2 Å². The van der Waals surface area contributed by atoms with Crippen molar-refractivity contribution in [3.8, 4) is 75.6 Å². The molecule has 2 aliphatic heterocycles. The lowest BCUT2D eigenvalue weighted by molar-refractivity contribution is 0.233. The van der Waals surface area contributed by atoms with Crippen molar-refractivity contribution in [2.75, 3.05) is 35.5 Å². The normalized spacial score (nSPS) is 13.6. The van der Waals surface area contributed by atoms with E-state index in [1.54, 1.807) is 0 Å². The highest BCUT2D eigenvalue weighted by atomic mass is 16.6. The van der Waals surface area contributed by atoms with Gasteiger partial charge in [-0.2, -0.15) is 9.97 Å². The lowest BCUT2D eigenvalue weighted by atomic mass is 10.3. The zero-order valence-corrected chi connectivity index (χ0v) is 27.5. The Hall–Kier alpha value is -6.91. The average Bonchev–Trinajstić information content (AvgIpc) is 4.14. The highest BCUT2D eigenvalue weighted by Crippen LogP contribution is 2.38. The van der Waals surface area contributed by atoms with Crippen LogP contribution in [0.4, 0.5) is 0 Å². The number of nitrogens with zero attached hydrogens (tertiary/aromatic N) is 15. The first kappa shape index (κ1) is 33.6. The number of hydrazine groups is 2. The van der Waals surface area contributed by atoms with Crippen molar-refractivity contribution in [1.82, 2.24) is 98.3 Å². The first-order chi connectivity index (χ1) is 25.5. The molecular formula is C24H25N19O9. The van der Waals surface area contributed by atoms with Crippen LogP contribution in [0.1, 0.15) is 11.4 Å². The van der Waals surface area contributed by atoms with E-state index in [1.165, 1.54) is 35.5 Å². The quantitative estimate of drug-likeness (QED) is 0.0682. The third-order valence-corrected chi connectivity index (χ3v) is 6.59. The van der Waals surface area contributed by atoms with Crippen molar-refractivity contribution in [2.45, 2.75) is 25.9 Å². The molecule has 0 atom stereocenters. The Kier molecular flexibility index (Phi) is 9.63. The summed E-state index contributed by atoms with van der Waals surface area (Å²) in [4.78, 5) is 13.3. The number of ether oxygens (including phenoxy) is 9. The van der Waals surface area contributed by atoms with Crippen molar-refractivity contribution in [1.29, 1.82) is 0 Å². The first-order valence-electron chi connectivity index (χ1n) is 14.5. The Labute approximate surface area is 289 Å². The molecule has 0 amide bonds. The van der Waals surface area contributed by atoms with Crippen LogP contribution in [0.15, 0.2) is 0 Å². The smallest absolute Gasteiger partial charge is 0.320 e. The molecule has 0 unspecified atom stereocenters. The topological polar surface area (TPSA) is 364 Å². The summed E-state index contributed by atoms with van der Waals surface area (Å²) in [5, 5.41) is 46.8. The maximum Gasteiger partial charge on any atom is 0.320 e.